The van der Waals surface area contributed by atoms with Crippen molar-refractivity contribution in [2.75, 3.05) is 9.80 Å². The summed E-state index contributed by atoms with van der Waals surface area (Å²) in [5.74, 6) is 3.66. The molecule has 0 N–H and O–H groups in total. The summed E-state index contributed by atoms with van der Waals surface area (Å²) in [6.45, 7) is 0. The molecule has 524 valence electrons. The van der Waals surface area contributed by atoms with E-state index in [9.17, 15) is 0 Å². The number of rotatable bonds is 7. The number of hydrogen-bond donors (Lipinski definition) is 0. The maximum Gasteiger partial charge on any atom is 0.132 e. The van der Waals surface area contributed by atoms with Gasteiger partial charge in [0.2, 0.25) is 0 Å². The summed E-state index contributed by atoms with van der Waals surface area (Å²) in [7, 11) is 0. The molecule has 4 aromatic heterocycles. The molecule has 25 rings (SSSR count). The molecule has 0 saturated carbocycles. The van der Waals surface area contributed by atoms with Gasteiger partial charge in [0.25, 0.3) is 0 Å². The van der Waals surface area contributed by atoms with Gasteiger partial charge in [-0.1, -0.05) is 255 Å². The zero-order chi connectivity index (χ0) is 73.3. The number of fused-ring (bicyclic) bond motifs is 30. The zero-order valence-corrected chi connectivity index (χ0v) is 63.4. The van der Waals surface area contributed by atoms with E-state index in [-0.39, 0.29) is 0 Å². The first-order valence-electron chi connectivity index (χ1n) is 38.1. The molecule has 17 aromatic carbocycles. The Hall–Kier alpha value is -13.2. The number of anilines is 6. The quantitative estimate of drug-likeness (QED) is 0.159. The molecule has 112 heavy (non-hydrogen) atoms. The van der Waals surface area contributed by atoms with Crippen molar-refractivity contribution < 1.29 is 9.47 Å². The minimum atomic E-state index is -0.509. The van der Waals surface area contributed by atoms with E-state index < -0.39 is 10.8 Å². The van der Waals surface area contributed by atoms with E-state index in [1.807, 2.05) is 45.3 Å². The maximum atomic E-state index is 6.64. The third-order valence-electron chi connectivity index (χ3n) is 23.9. The van der Waals surface area contributed by atoms with Crippen LogP contribution in [0, 0.1) is 0 Å². The van der Waals surface area contributed by atoms with Crippen LogP contribution in [-0.4, -0.2) is 0 Å². The maximum absolute atomic E-state index is 6.64. The smallest absolute Gasteiger partial charge is 0.132 e. The fourth-order valence-corrected chi connectivity index (χ4v) is 24.0. The lowest BCUT2D eigenvalue weighted by molar-refractivity contribution is 0.436. The molecule has 0 amide bonds. The Labute approximate surface area is 662 Å². The molecule has 4 aliphatic rings. The third kappa shape index (κ3) is 9.08. The Bertz CT molecular complexity index is 7420. The van der Waals surface area contributed by atoms with Crippen LogP contribution in [0.1, 0.15) is 44.5 Å². The van der Waals surface area contributed by atoms with Crippen LogP contribution in [0.25, 0.3) is 114 Å². The lowest BCUT2D eigenvalue weighted by Crippen LogP contribution is -2.32. The highest BCUT2D eigenvalue weighted by molar-refractivity contribution is 7.27. The first-order valence-corrected chi connectivity index (χ1v) is 41.4. The van der Waals surface area contributed by atoms with Gasteiger partial charge in [0.1, 0.15) is 23.0 Å². The predicted octanol–water partition coefficient (Wildman–Crippen LogP) is 30.4. The molecule has 21 aromatic rings. The van der Waals surface area contributed by atoms with Crippen molar-refractivity contribution in [3.05, 3.63) is 421 Å². The van der Waals surface area contributed by atoms with E-state index in [1.165, 1.54) is 176 Å². The largest absolute Gasteiger partial charge is 0.457 e. The van der Waals surface area contributed by atoms with Crippen LogP contribution in [0.2, 0.25) is 0 Å². The topological polar surface area (TPSA) is 24.9 Å². The van der Waals surface area contributed by atoms with Crippen LogP contribution in [-0.2, 0) is 10.8 Å². The molecule has 0 bridgehead atoms. The van der Waals surface area contributed by atoms with Gasteiger partial charge in [0, 0.05) is 115 Å². The lowest BCUT2D eigenvalue weighted by atomic mass is 9.66. The van der Waals surface area contributed by atoms with Gasteiger partial charge in [-0.2, -0.15) is 0 Å². The van der Waals surface area contributed by atoms with Crippen LogP contribution in [0.4, 0.5) is 34.1 Å². The van der Waals surface area contributed by atoms with Crippen molar-refractivity contribution in [2.45, 2.75) is 10.8 Å². The van der Waals surface area contributed by atoms with Gasteiger partial charge < -0.3 is 19.3 Å². The van der Waals surface area contributed by atoms with Crippen molar-refractivity contribution in [1.82, 2.24) is 0 Å². The van der Waals surface area contributed by atoms with Crippen LogP contribution in [0.5, 0.6) is 23.0 Å². The van der Waals surface area contributed by atoms with Gasteiger partial charge in [-0.25, -0.2) is 0 Å². The summed E-state index contributed by atoms with van der Waals surface area (Å²) >= 11 is 7.52. The Morgan fingerprint density at radius 2 is 0.580 bits per heavy atom. The summed E-state index contributed by atoms with van der Waals surface area (Å²) in [4.78, 5) is 4.99. The van der Waals surface area contributed by atoms with E-state index >= 15 is 0 Å². The second kappa shape index (κ2) is 24.7. The van der Waals surface area contributed by atoms with Crippen LogP contribution in [0.3, 0.4) is 0 Å². The highest BCUT2D eigenvalue weighted by Crippen LogP contribution is 2.66. The zero-order valence-electron chi connectivity index (χ0n) is 60.1. The number of para-hydroxylation sites is 6. The molecular weight excluding hydrogens is 1440 g/mol. The van der Waals surface area contributed by atoms with Crippen molar-refractivity contribution >= 4 is 160 Å². The first-order chi connectivity index (χ1) is 55.5. The van der Waals surface area contributed by atoms with Crippen molar-refractivity contribution in [1.29, 1.82) is 0 Å². The number of hydrogen-bond acceptors (Lipinski definition) is 8. The first kappa shape index (κ1) is 63.7. The van der Waals surface area contributed by atoms with Gasteiger partial charge in [-0.3, -0.25) is 0 Å². The molecule has 0 radical (unpaired) electrons. The summed E-state index contributed by atoms with van der Waals surface area (Å²) < 4.78 is 23.5. The van der Waals surface area contributed by atoms with Crippen LogP contribution < -0.4 is 19.3 Å². The Morgan fingerprint density at radius 1 is 0.205 bits per heavy atom. The van der Waals surface area contributed by atoms with Gasteiger partial charge >= 0.3 is 0 Å². The van der Waals surface area contributed by atoms with Gasteiger partial charge in [0.05, 0.1) is 38.3 Å². The SMILES string of the molecule is c1ccc(-c2ccccc2N(c2ccc3c(c2)sc2ccccc23)c2cccc3sc4cc5c(cc4c23)-c2ccccc2C52c3ccccc3Oc3ccccc32)cc1.c1ccc(N(c2cccc3c2sc2ccccc23)c2cccc3sc4cc5c(cc4c23)-c2ccccc2C52c3ccccc3Oc3ccccc32)cc1. The average molecular weight is 1500 g/mol. The summed E-state index contributed by atoms with van der Waals surface area (Å²) in [6, 6.07) is 138. The molecule has 2 spiro atoms. The normalized spacial score (nSPS) is 13.5. The molecule has 2 aliphatic carbocycles. The number of benzene rings is 17. The fourth-order valence-electron chi connectivity index (χ4n) is 19.4. The molecule has 0 atom stereocenters. The second-order valence-corrected chi connectivity index (χ2v) is 33.8. The highest BCUT2D eigenvalue weighted by atomic mass is 32.1. The monoisotopic (exact) mass is 1500 g/mol. The minimum absolute atomic E-state index is 0.489. The van der Waals surface area contributed by atoms with E-state index in [0.29, 0.717) is 0 Å². The summed E-state index contributed by atoms with van der Waals surface area (Å²) in [6.07, 6.45) is 0. The molecular formula is C104H62N2O2S4. The Kier molecular flexibility index (Phi) is 14.0. The van der Waals surface area contributed by atoms with Crippen LogP contribution >= 0.6 is 45.3 Å². The molecule has 2 aliphatic heterocycles. The standard InChI is InChI=1S/C55H33NOS2.C49H29NOS2/c1-2-15-34(16-3-1)36-17-5-10-23-46(36)56(35-29-30-39-38-19-6-13-27-50(38)58-52(39)31-35)47-24-14-28-51-54(47)41-32-40-37-18-4-7-20-42(37)55(45(40)33-53(41)59-51)43-21-8-11-25-48(43)57-49-26-12-9-22-44(49)55;1-2-14-30(15-3-1)50(41-23-12-18-33-32-17-5-11-26-44(32)53-48(33)41)40-22-13-27-45-47(40)35-28-34-31-16-4-6-19-36(31)49(39(34)29-46(35)52-45)37-20-7-9-24-42(37)51-43-25-10-8-21-38(43)49/h1-33H;1-29H. The van der Waals surface area contributed by atoms with Gasteiger partial charge in [-0.15, -0.1) is 45.3 Å². The minimum Gasteiger partial charge on any atom is -0.457 e. The lowest BCUT2D eigenvalue weighted by Gasteiger charge is -2.39. The molecule has 0 saturated heterocycles. The predicted molar refractivity (Wildman–Crippen MR) is 474 cm³/mol. The second-order valence-electron chi connectivity index (χ2n) is 29.5. The molecule has 0 fully saturated rings. The van der Waals surface area contributed by atoms with E-state index in [2.05, 4.69) is 386 Å². The van der Waals surface area contributed by atoms with Crippen molar-refractivity contribution in [3.8, 4) is 56.4 Å². The highest BCUT2D eigenvalue weighted by Gasteiger charge is 2.53. The number of thiophene rings is 4. The molecule has 6 heterocycles. The third-order valence-corrected chi connectivity index (χ3v) is 28.4. The molecule has 0 unspecified atom stereocenters. The molecule has 4 nitrogen and oxygen atoms in total. The van der Waals surface area contributed by atoms with Crippen LogP contribution in [0.15, 0.2) is 376 Å². The van der Waals surface area contributed by atoms with Crippen molar-refractivity contribution in [2.24, 2.45) is 0 Å². The number of ether oxygens (including phenoxy) is 2. The van der Waals surface area contributed by atoms with Gasteiger partial charge in [-0.05, 0) is 171 Å². The fraction of sp³-hybridized carbons (Fsp3) is 0.0192. The average Bonchev–Trinajstić information content (AvgIpc) is 1.52. The summed E-state index contributed by atoms with van der Waals surface area (Å²) in [5, 5.41) is 10.3. The Morgan fingerprint density at radius 3 is 1.13 bits per heavy atom. The van der Waals surface area contributed by atoms with E-state index in [0.717, 1.165) is 40.1 Å². The van der Waals surface area contributed by atoms with E-state index in [1.54, 1.807) is 0 Å². The number of nitrogens with zero attached hydrogens (tertiary/aromatic N) is 2. The van der Waals surface area contributed by atoms with E-state index in [4.69, 9.17) is 9.47 Å². The molecule has 8 heteroatoms. The summed E-state index contributed by atoms with van der Waals surface area (Å²) in [5.41, 5.74) is 23.5. The Balaban J connectivity index is 0.000000131. The van der Waals surface area contributed by atoms with Crippen molar-refractivity contribution in [3.63, 3.8) is 0 Å². The van der Waals surface area contributed by atoms with Gasteiger partial charge in [0.15, 0.2) is 0 Å².